The Bertz CT molecular complexity index is 541. The number of benzene rings is 1. The standard InChI is InChI=1S/C15H19NS/c1-2-10-9-17-15-6-11-4-3-5-12(8-16)13(11)7-14(10)15/h6-7,9,12H,2-5,8,16H2,1H3. The van der Waals surface area contributed by atoms with Gasteiger partial charge in [-0.25, -0.2) is 0 Å². The van der Waals surface area contributed by atoms with Crippen LogP contribution in [-0.2, 0) is 12.8 Å². The van der Waals surface area contributed by atoms with Crippen molar-refractivity contribution in [3.63, 3.8) is 0 Å². The quantitative estimate of drug-likeness (QED) is 0.854. The molecule has 0 saturated carbocycles. The van der Waals surface area contributed by atoms with E-state index in [2.05, 4.69) is 24.4 Å². The van der Waals surface area contributed by atoms with Gasteiger partial charge < -0.3 is 5.73 Å². The maximum atomic E-state index is 5.91. The highest BCUT2D eigenvalue weighted by Gasteiger charge is 2.20. The Kier molecular flexibility index (Phi) is 2.93. The molecular weight excluding hydrogens is 226 g/mol. The average molecular weight is 245 g/mol. The lowest BCUT2D eigenvalue weighted by molar-refractivity contribution is 0.562. The molecule has 1 unspecified atom stereocenters. The summed E-state index contributed by atoms with van der Waals surface area (Å²) in [4.78, 5) is 0. The summed E-state index contributed by atoms with van der Waals surface area (Å²) in [6, 6.07) is 4.84. The molecule has 90 valence electrons. The van der Waals surface area contributed by atoms with Gasteiger partial charge in [-0.3, -0.25) is 0 Å². The summed E-state index contributed by atoms with van der Waals surface area (Å²) in [5.74, 6) is 0.591. The van der Waals surface area contributed by atoms with E-state index >= 15 is 0 Å². The molecule has 0 amide bonds. The van der Waals surface area contributed by atoms with Crippen LogP contribution >= 0.6 is 11.3 Å². The number of nitrogens with two attached hydrogens (primary N) is 1. The van der Waals surface area contributed by atoms with Crippen LogP contribution in [0, 0.1) is 0 Å². The van der Waals surface area contributed by atoms with Gasteiger partial charge in [-0.1, -0.05) is 6.92 Å². The Labute approximate surface area is 107 Å². The van der Waals surface area contributed by atoms with Crippen molar-refractivity contribution in [2.24, 2.45) is 5.73 Å². The number of hydrogen-bond donors (Lipinski definition) is 1. The number of rotatable bonds is 2. The Hall–Kier alpha value is -0.860. The van der Waals surface area contributed by atoms with E-state index in [4.69, 9.17) is 5.73 Å². The lowest BCUT2D eigenvalue weighted by Crippen LogP contribution is -2.18. The van der Waals surface area contributed by atoms with Crippen LogP contribution in [0.3, 0.4) is 0 Å². The lowest BCUT2D eigenvalue weighted by atomic mass is 9.82. The van der Waals surface area contributed by atoms with Crippen LogP contribution in [0.4, 0.5) is 0 Å². The van der Waals surface area contributed by atoms with Gasteiger partial charge in [0, 0.05) is 4.70 Å². The molecule has 3 rings (SSSR count). The van der Waals surface area contributed by atoms with Crippen LogP contribution in [0.1, 0.15) is 42.4 Å². The van der Waals surface area contributed by atoms with Gasteiger partial charge in [0.15, 0.2) is 0 Å². The van der Waals surface area contributed by atoms with E-state index in [-0.39, 0.29) is 0 Å². The predicted octanol–water partition coefficient (Wildman–Crippen LogP) is 3.84. The van der Waals surface area contributed by atoms with Gasteiger partial charge in [-0.05, 0) is 77.7 Å². The fraction of sp³-hybridized carbons (Fsp3) is 0.467. The van der Waals surface area contributed by atoms with E-state index in [1.165, 1.54) is 40.5 Å². The van der Waals surface area contributed by atoms with Gasteiger partial charge in [0.1, 0.15) is 0 Å². The molecule has 0 fully saturated rings. The summed E-state index contributed by atoms with van der Waals surface area (Å²) in [5.41, 5.74) is 10.5. The molecule has 1 atom stereocenters. The Morgan fingerprint density at radius 1 is 1.41 bits per heavy atom. The van der Waals surface area contributed by atoms with Crippen LogP contribution in [0.5, 0.6) is 0 Å². The van der Waals surface area contributed by atoms with Gasteiger partial charge in [0.25, 0.3) is 0 Å². The van der Waals surface area contributed by atoms with Crippen molar-refractivity contribution >= 4 is 21.4 Å². The maximum Gasteiger partial charge on any atom is 0.0348 e. The van der Waals surface area contributed by atoms with Crippen molar-refractivity contribution in [2.75, 3.05) is 6.54 Å². The molecule has 1 heterocycles. The summed E-state index contributed by atoms with van der Waals surface area (Å²) < 4.78 is 1.46. The number of fused-ring (bicyclic) bond motifs is 2. The molecule has 0 aliphatic heterocycles. The first kappa shape index (κ1) is 11.2. The van der Waals surface area contributed by atoms with Crippen LogP contribution < -0.4 is 5.73 Å². The van der Waals surface area contributed by atoms with Gasteiger partial charge in [-0.2, -0.15) is 0 Å². The second kappa shape index (κ2) is 4.43. The first-order valence-electron chi connectivity index (χ1n) is 6.56. The molecule has 1 aliphatic rings. The van der Waals surface area contributed by atoms with Crippen LogP contribution in [0.15, 0.2) is 17.5 Å². The molecule has 1 aromatic heterocycles. The predicted molar refractivity (Wildman–Crippen MR) is 75.9 cm³/mol. The molecule has 2 aromatic rings. The Morgan fingerprint density at radius 2 is 2.29 bits per heavy atom. The van der Waals surface area contributed by atoms with Gasteiger partial charge >= 0.3 is 0 Å². The molecule has 2 heteroatoms. The monoisotopic (exact) mass is 245 g/mol. The second-order valence-electron chi connectivity index (χ2n) is 4.99. The fourth-order valence-corrected chi connectivity index (χ4v) is 4.08. The topological polar surface area (TPSA) is 26.0 Å². The minimum Gasteiger partial charge on any atom is -0.330 e. The fourth-order valence-electron chi connectivity index (χ4n) is 2.99. The zero-order valence-electron chi connectivity index (χ0n) is 10.3. The first-order valence-corrected chi connectivity index (χ1v) is 7.44. The lowest BCUT2D eigenvalue weighted by Gasteiger charge is -2.24. The van der Waals surface area contributed by atoms with Crippen molar-refractivity contribution in [1.29, 1.82) is 0 Å². The van der Waals surface area contributed by atoms with Gasteiger partial charge in [0.05, 0.1) is 0 Å². The van der Waals surface area contributed by atoms with Crippen molar-refractivity contribution in [3.05, 3.63) is 34.2 Å². The van der Waals surface area contributed by atoms with E-state index in [0.717, 1.165) is 13.0 Å². The number of hydrogen-bond acceptors (Lipinski definition) is 2. The third-order valence-electron chi connectivity index (χ3n) is 4.02. The molecule has 0 spiro atoms. The normalized spacial score (nSPS) is 19.5. The SMILES string of the molecule is CCc1csc2cc3c(cc12)C(CN)CCC3. The molecule has 0 saturated heterocycles. The Balaban J connectivity index is 2.20. The van der Waals surface area contributed by atoms with Gasteiger partial charge in [0.2, 0.25) is 0 Å². The minimum atomic E-state index is 0.591. The molecule has 0 radical (unpaired) electrons. The van der Waals surface area contributed by atoms with E-state index in [1.807, 2.05) is 11.3 Å². The first-order chi connectivity index (χ1) is 8.33. The highest BCUT2D eigenvalue weighted by Crippen LogP contribution is 2.37. The molecule has 17 heavy (non-hydrogen) atoms. The van der Waals surface area contributed by atoms with Crippen molar-refractivity contribution in [2.45, 2.75) is 38.5 Å². The maximum absolute atomic E-state index is 5.91. The van der Waals surface area contributed by atoms with Crippen LogP contribution in [-0.4, -0.2) is 6.54 Å². The van der Waals surface area contributed by atoms with Crippen molar-refractivity contribution in [3.8, 4) is 0 Å². The van der Waals surface area contributed by atoms with E-state index in [1.54, 1.807) is 5.56 Å². The number of thiophene rings is 1. The minimum absolute atomic E-state index is 0.591. The van der Waals surface area contributed by atoms with Gasteiger partial charge in [-0.15, -0.1) is 11.3 Å². The van der Waals surface area contributed by atoms with E-state index in [0.29, 0.717) is 5.92 Å². The summed E-state index contributed by atoms with van der Waals surface area (Å²) in [6.45, 7) is 3.03. The molecular formula is C15H19NS. The number of aryl methyl sites for hydroxylation is 2. The van der Waals surface area contributed by atoms with Crippen LogP contribution in [0.25, 0.3) is 10.1 Å². The second-order valence-corrected chi connectivity index (χ2v) is 5.90. The smallest absolute Gasteiger partial charge is 0.0348 e. The van der Waals surface area contributed by atoms with Crippen molar-refractivity contribution in [1.82, 2.24) is 0 Å². The highest BCUT2D eigenvalue weighted by molar-refractivity contribution is 7.17. The van der Waals surface area contributed by atoms with E-state index in [9.17, 15) is 0 Å². The molecule has 1 aromatic carbocycles. The Morgan fingerprint density at radius 3 is 3.06 bits per heavy atom. The van der Waals surface area contributed by atoms with E-state index < -0.39 is 0 Å². The largest absolute Gasteiger partial charge is 0.330 e. The average Bonchev–Trinajstić information content (AvgIpc) is 2.77. The summed E-state index contributed by atoms with van der Waals surface area (Å²) >= 11 is 1.89. The third kappa shape index (κ3) is 1.80. The third-order valence-corrected chi connectivity index (χ3v) is 5.01. The summed E-state index contributed by atoms with van der Waals surface area (Å²) in [5, 5.41) is 3.78. The zero-order valence-corrected chi connectivity index (χ0v) is 11.1. The summed E-state index contributed by atoms with van der Waals surface area (Å²) in [7, 11) is 0. The summed E-state index contributed by atoms with van der Waals surface area (Å²) in [6.07, 6.45) is 4.93. The van der Waals surface area contributed by atoms with Crippen LogP contribution in [0.2, 0.25) is 0 Å². The zero-order chi connectivity index (χ0) is 11.8. The molecule has 2 N–H and O–H groups in total. The van der Waals surface area contributed by atoms with Crippen molar-refractivity contribution < 1.29 is 0 Å². The highest BCUT2D eigenvalue weighted by atomic mass is 32.1. The molecule has 1 nitrogen and oxygen atoms in total. The molecule has 0 bridgehead atoms. The molecule has 1 aliphatic carbocycles.